The van der Waals surface area contributed by atoms with E-state index in [0.717, 1.165) is 30.6 Å². The number of benzene rings is 1. The summed E-state index contributed by atoms with van der Waals surface area (Å²) in [6.45, 7) is 2.28. The van der Waals surface area contributed by atoms with Crippen LogP contribution in [0.3, 0.4) is 0 Å². The molecule has 2 aromatic heterocycles. The molecule has 1 aromatic carbocycles. The maximum Gasteiger partial charge on any atom is 0.339 e. The van der Waals surface area contributed by atoms with Gasteiger partial charge in [0.05, 0.1) is 29.8 Å². The number of carboxylic acids is 1. The van der Waals surface area contributed by atoms with E-state index in [0.29, 0.717) is 29.4 Å². The fourth-order valence-corrected chi connectivity index (χ4v) is 6.62. The summed E-state index contributed by atoms with van der Waals surface area (Å²) in [7, 11) is 0. The summed E-state index contributed by atoms with van der Waals surface area (Å²) in [4.78, 5) is 11.8. The number of carbonyl (C=O) groups is 1. The zero-order valence-corrected chi connectivity index (χ0v) is 20.7. The molecular weight excluding hydrogens is 436 g/mol. The van der Waals surface area contributed by atoms with E-state index in [1.807, 2.05) is 4.68 Å². The van der Waals surface area contributed by atoms with Crippen LogP contribution in [0.5, 0.6) is 0 Å². The molecular formula is C29H36N4O2. The summed E-state index contributed by atoms with van der Waals surface area (Å²) in [5.41, 5.74) is 6.55. The van der Waals surface area contributed by atoms with E-state index in [-0.39, 0.29) is 0 Å². The summed E-state index contributed by atoms with van der Waals surface area (Å²) in [5.74, 6) is 0.602. The molecule has 0 aliphatic heterocycles. The second kappa shape index (κ2) is 9.29. The molecule has 2 heterocycles. The minimum absolute atomic E-state index is 0.314. The Labute approximate surface area is 207 Å². The van der Waals surface area contributed by atoms with Gasteiger partial charge in [-0.15, -0.1) is 0 Å². The quantitative estimate of drug-likeness (QED) is 0.393. The Morgan fingerprint density at radius 3 is 2.74 bits per heavy atom. The molecule has 0 radical (unpaired) electrons. The molecule has 3 atom stereocenters. The van der Waals surface area contributed by atoms with Gasteiger partial charge >= 0.3 is 5.97 Å². The zero-order chi connectivity index (χ0) is 23.9. The Hall–Kier alpha value is -2.89. The van der Waals surface area contributed by atoms with Gasteiger partial charge in [-0.1, -0.05) is 38.3 Å². The molecule has 0 saturated heterocycles. The predicted molar refractivity (Wildman–Crippen MR) is 136 cm³/mol. The first-order chi connectivity index (χ1) is 17.1. The molecule has 1 unspecified atom stereocenters. The van der Waals surface area contributed by atoms with Gasteiger partial charge in [0, 0.05) is 17.5 Å². The van der Waals surface area contributed by atoms with Crippen molar-refractivity contribution in [2.75, 3.05) is 0 Å². The lowest BCUT2D eigenvalue weighted by molar-refractivity contribution is 0.0695. The van der Waals surface area contributed by atoms with Crippen molar-refractivity contribution in [1.29, 1.82) is 0 Å². The normalized spacial score (nSPS) is 24.0. The van der Waals surface area contributed by atoms with Gasteiger partial charge in [0.1, 0.15) is 5.56 Å². The summed E-state index contributed by atoms with van der Waals surface area (Å²) in [6.07, 6.45) is 16.8. The number of aromatic carboxylic acids is 1. The van der Waals surface area contributed by atoms with Crippen LogP contribution < -0.4 is 0 Å². The van der Waals surface area contributed by atoms with Gasteiger partial charge in [-0.25, -0.2) is 9.48 Å². The minimum Gasteiger partial charge on any atom is -0.478 e. The highest BCUT2D eigenvalue weighted by Gasteiger charge is 2.34. The van der Waals surface area contributed by atoms with Crippen LogP contribution in [-0.4, -0.2) is 30.6 Å². The molecule has 0 spiro atoms. The standard InChI is InChI=1S/C29H36N4O2/c1-2-3-6-19-13-14-23-17-30-32(27(19)23)24-9-4-7-21(15-24)22-8-5-10-25(16-22)33-28(20-11-12-20)26(18-31-33)29(34)35/h5,8,10,16-21,24H,2-4,6-7,9,11-15H2,1H3,(H,34,35)/t19?,21-,24-/m1/s1. The first-order valence-corrected chi connectivity index (χ1v) is 13.6. The van der Waals surface area contributed by atoms with Crippen molar-refractivity contribution in [2.24, 2.45) is 0 Å². The smallest absolute Gasteiger partial charge is 0.339 e. The second-order valence-corrected chi connectivity index (χ2v) is 10.9. The molecule has 2 fully saturated rings. The predicted octanol–water partition coefficient (Wildman–Crippen LogP) is 6.76. The Morgan fingerprint density at radius 2 is 1.94 bits per heavy atom. The van der Waals surface area contributed by atoms with Crippen LogP contribution >= 0.6 is 0 Å². The molecule has 3 aromatic rings. The lowest BCUT2D eigenvalue weighted by Crippen LogP contribution is -2.21. The average Bonchev–Trinajstić information content (AvgIpc) is 3.28. The third-order valence-corrected chi connectivity index (χ3v) is 8.55. The van der Waals surface area contributed by atoms with Gasteiger partial charge in [0.25, 0.3) is 0 Å². The number of aryl methyl sites for hydroxylation is 1. The van der Waals surface area contributed by atoms with E-state index >= 15 is 0 Å². The summed E-state index contributed by atoms with van der Waals surface area (Å²) >= 11 is 0. The third-order valence-electron chi connectivity index (χ3n) is 8.55. The topological polar surface area (TPSA) is 72.9 Å². The van der Waals surface area contributed by atoms with Crippen LogP contribution in [0.4, 0.5) is 0 Å². The first kappa shape index (κ1) is 22.6. The number of aromatic nitrogens is 4. The van der Waals surface area contributed by atoms with Crippen LogP contribution in [-0.2, 0) is 6.42 Å². The molecule has 6 rings (SSSR count). The van der Waals surface area contributed by atoms with Crippen molar-refractivity contribution in [1.82, 2.24) is 19.6 Å². The van der Waals surface area contributed by atoms with Crippen LogP contribution in [0.15, 0.2) is 36.7 Å². The number of carboxylic acid groups (broad SMARTS) is 1. The number of fused-ring (bicyclic) bond motifs is 1. The molecule has 2 saturated carbocycles. The molecule has 35 heavy (non-hydrogen) atoms. The minimum atomic E-state index is -0.881. The Morgan fingerprint density at radius 1 is 1.06 bits per heavy atom. The lowest BCUT2D eigenvalue weighted by atomic mass is 9.81. The van der Waals surface area contributed by atoms with Crippen molar-refractivity contribution in [3.8, 4) is 5.69 Å². The molecule has 184 valence electrons. The number of nitrogens with zero attached hydrogens (tertiary/aromatic N) is 4. The third kappa shape index (κ3) is 4.21. The van der Waals surface area contributed by atoms with E-state index in [2.05, 4.69) is 47.2 Å². The van der Waals surface area contributed by atoms with E-state index in [1.165, 1.54) is 74.4 Å². The van der Waals surface area contributed by atoms with E-state index in [9.17, 15) is 9.90 Å². The summed E-state index contributed by atoms with van der Waals surface area (Å²) in [5, 5.41) is 19.1. The van der Waals surface area contributed by atoms with Crippen molar-refractivity contribution in [2.45, 2.75) is 101 Å². The maximum atomic E-state index is 11.8. The summed E-state index contributed by atoms with van der Waals surface area (Å²) < 4.78 is 4.29. The van der Waals surface area contributed by atoms with Crippen molar-refractivity contribution in [3.05, 3.63) is 64.7 Å². The molecule has 6 heteroatoms. The van der Waals surface area contributed by atoms with E-state index in [4.69, 9.17) is 5.10 Å². The van der Waals surface area contributed by atoms with E-state index < -0.39 is 5.97 Å². The Balaban J connectivity index is 1.26. The van der Waals surface area contributed by atoms with E-state index in [1.54, 1.807) is 0 Å². The largest absolute Gasteiger partial charge is 0.478 e. The zero-order valence-electron chi connectivity index (χ0n) is 20.7. The fourth-order valence-electron chi connectivity index (χ4n) is 6.62. The Bertz CT molecular complexity index is 1220. The van der Waals surface area contributed by atoms with Gasteiger partial charge < -0.3 is 5.11 Å². The van der Waals surface area contributed by atoms with Gasteiger partial charge in [-0.2, -0.15) is 10.2 Å². The summed E-state index contributed by atoms with van der Waals surface area (Å²) in [6, 6.07) is 9.13. The molecule has 0 bridgehead atoms. The highest BCUT2D eigenvalue weighted by Crippen LogP contribution is 2.45. The highest BCUT2D eigenvalue weighted by molar-refractivity contribution is 5.89. The second-order valence-electron chi connectivity index (χ2n) is 10.9. The van der Waals surface area contributed by atoms with Crippen LogP contribution in [0, 0.1) is 0 Å². The van der Waals surface area contributed by atoms with Crippen molar-refractivity contribution in [3.63, 3.8) is 0 Å². The number of hydrogen-bond acceptors (Lipinski definition) is 3. The van der Waals surface area contributed by atoms with Crippen LogP contribution in [0.2, 0.25) is 0 Å². The number of hydrogen-bond donors (Lipinski definition) is 1. The van der Waals surface area contributed by atoms with Crippen molar-refractivity contribution < 1.29 is 9.90 Å². The van der Waals surface area contributed by atoms with Gasteiger partial charge in [0.2, 0.25) is 0 Å². The number of rotatable bonds is 8. The average molecular weight is 473 g/mol. The highest BCUT2D eigenvalue weighted by atomic mass is 16.4. The fraction of sp³-hybridized carbons (Fsp3) is 0.552. The molecule has 1 N–H and O–H groups in total. The molecule has 0 amide bonds. The van der Waals surface area contributed by atoms with Crippen molar-refractivity contribution >= 4 is 5.97 Å². The van der Waals surface area contributed by atoms with Crippen LogP contribution in [0.1, 0.15) is 128 Å². The molecule has 3 aliphatic rings. The molecule has 3 aliphatic carbocycles. The van der Waals surface area contributed by atoms with Gasteiger partial charge in [0.15, 0.2) is 0 Å². The lowest BCUT2D eigenvalue weighted by Gasteiger charge is -2.31. The number of unbranched alkanes of at least 4 members (excludes halogenated alkanes) is 1. The molecule has 6 nitrogen and oxygen atoms in total. The van der Waals surface area contributed by atoms with Gasteiger partial charge in [-0.05, 0) is 80.5 Å². The first-order valence-electron chi connectivity index (χ1n) is 13.6. The maximum absolute atomic E-state index is 11.8. The monoisotopic (exact) mass is 472 g/mol. The Kier molecular flexibility index (Phi) is 5.99. The SMILES string of the molecule is CCCCC1CCc2cnn([C@@H]3CCC[C@@H](c4cccc(-n5ncc(C(=O)O)c5C5CC5)c4)C3)c21. The van der Waals surface area contributed by atoms with Crippen LogP contribution in [0.25, 0.3) is 5.69 Å². The van der Waals surface area contributed by atoms with Gasteiger partial charge in [-0.3, -0.25) is 4.68 Å².